The summed E-state index contributed by atoms with van der Waals surface area (Å²) in [4.78, 5) is 26.5. The van der Waals surface area contributed by atoms with Crippen LogP contribution in [0.25, 0.3) is 0 Å². The molecule has 0 fully saturated rings. The fraction of sp³-hybridized carbons (Fsp3) is 0.364. The van der Waals surface area contributed by atoms with E-state index in [1.807, 2.05) is 36.4 Å². The highest BCUT2D eigenvalue weighted by Crippen LogP contribution is 2.19. The maximum absolute atomic E-state index is 12.2. The number of carbonyl (C=O) groups excluding carboxylic acids is 2. The summed E-state index contributed by atoms with van der Waals surface area (Å²) in [6.45, 7) is 6.96. The van der Waals surface area contributed by atoms with Gasteiger partial charge in [0.1, 0.15) is 0 Å². The van der Waals surface area contributed by atoms with Crippen molar-refractivity contribution in [1.29, 1.82) is 0 Å². The average molecular weight is 367 g/mol. The van der Waals surface area contributed by atoms with Crippen LogP contribution in [0.4, 0.5) is 0 Å². The van der Waals surface area contributed by atoms with Crippen LogP contribution in [-0.2, 0) is 4.79 Å². The molecule has 1 unspecified atom stereocenters. The highest BCUT2D eigenvalue weighted by molar-refractivity contribution is 5.94. The fourth-order valence-electron chi connectivity index (χ4n) is 3.08. The Kier molecular flexibility index (Phi) is 8.52. The smallest absolute Gasteiger partial charge is 0.251 e. The van der Waals surface area contributed by atoms with E-state index in [-0.39, 0.29) is 24.3 Å². The molecule has 0 aliphatic rings. The minimum absolute atomic E-state index is 0.0588. The van der Waals surface area contributed by atoms with Gasteiger partial charge in [-0.05, 0) is 30.8 Å². The zero-order valence-corrected chi connectivity index (χ0v) is 16.2. The predicted octanol–water partition coefficient (Wildman–Crippen LogP) is 3.01. The molecule has 0 saturated carbocycles. The molecule has 1 atom stereocenters. The monoisotopic (exact) mass is 367 g/mol. The molecule has 0 bridgehead atoms. The van der Waals surface area contributed by atoms with E-state index in [0.717, 1.165) is 13.1 Å². The van der Waals surface area contributed by atoms with Gasteiger partial charge in [0.05, 0.1) is 6.04 Å². The lowest BCUT2D eigenvalue weighted by Crippen LogP contribution is -2.39. The number of rotatable bonds is 10. The normalized spacial score (nSPS) is 11.8. The van der Waals surface area contributed by atoms with E-state index < -0.39 is 0 Å². The van der Waals surface area contributed by atoms with Crippen molar-refractivity contribution < 1.29 is 9.59 Å². The summed E-state index contributed by atoms with van der Waals surface area (Å²) in [5, 5.41) is 5.80. The summed E-state index contributed by atoms with van der Waals surface area (Å²) >= 11 is 0. The minimum atomic E-state index is -0.159. The molecule has 0 aliphatic heterocycles. The number of hydrogen-bond acceptors (Lipinski definition) is 3. The van der Waals surface area contributed by atoms with Crippen molar-refractivity contribution in [2.45, 2.75) is 26.3 Å². The Morgan fingerprint density at radius 1 is 0.889 bits per heavy atom. The summed E-state index contributed by atoms with van der Waals surface area (Å²) in [6, 6.07) is 19.4. The summed E-state index contributed by atoms with van der Waals surface area (Å²) < 4.78 is 0. The predicted molar refractivity (Wildman–Crippen MR) is 109 cm³/mol. The van der Waals surface area contributed by atoms with Crippen LogP contribution in [0, 0.1) is 0 Å². The van der Waals surface area contributed by atoms with E-state index in [0.29, 0.717) is 18.7 Å². The number of benzene rings is 2. The van der Waals surface area contributed by atoms with E-state index in [2.05, 4.69) is 41.5 Å². The van der Waals surface area contributed by atoms with Gasteiger partial charge in [-0.25, -0.2) is 0 Å². The van der Waals surface area contributed by atoms with Gasteiger partial charge in [-0.2, -0.15) is 0 Å². The van der Waals surface area contributed by atoms with Crippen LogP contribution in [0.5, 0.6) is 0 Å². The lowest BCUT2D eigenvalue weighted by molar-refractivity contribution is -0.121. The van der Waals surface area contributed by atoms with Crippen LogP contribution in [0.2, 0.25) is 0 Å². The van der Waals surface area contributed by atoms with Crippen LogP contribution in [0.1, 0.15) is 42.2 Å². The second-order valence-electron chi connectivity index (χ2n) is 6.32. The van der Waals surface area contributed by atoms with Crippen LogP contribution in [0.15, 0.2) is 60.7 Å². The van der Waals surface area contributed by atoms with Crippen LogP contribution in [0.3, 0.4) is 0 Å². The van der Waals surface area contributed by atoms with Crippen molar-refractivity contribution in [2.24, 2.45) is 0 Å². The van der Waals surface area contributed by atoms with Crippen molar-refractivity contribution in [1.82, 2.24) is 15.5 Å². The highest BCUT2D eigenvalue weighted by atomic mass is 16.2. The first-order chi connectivity index (χ1) is 13.2. The number of nitrogens with zero attached hydrogens (tertiary/aromatic N) is 1. The number of likely N-dealkylation sites (N-methyl/N-ethyl adjacent to an activating group) is 1. The van der Waals surface area contributed by atoms with Gasteiger partial charge in [-0.15, -0.1) is 0 Å². The molecule has 5 nitrogen and oxygen atoms in total. The Labute approximate surface area is 161 Å². The molecule has 2 amide bonds. The Morgan fingerprint density at radius 2 is 1.48 bits per heavy atom. The van der Waals surface area contributed by atoms with Crippen molar-refractivity contribution in [3.8, 4) is 0 Å². The molecule has 2 N–H and O–H groups in total. The quantitative estimate of drug-likeness (QED) is 0.679. The Hall–Kier alpha value is -2.66. The second-order valence-corrected chi connectivity index (χ2v) is 6.32. The summed E-state index contributed by atoms with van der Waals surface area (Å²) in [6.07, 6.45) is 0.262. The van der Waals surface area contributed by atoms with Gasteiger partial charge in [-0.3, -0.25) is 14.5 Å². The third kappa shape index (κ3) is 6.53. The van der Waals surface area contributed by atoms with Crippen molar-refractivity contribution in [2.75, 3.05) is 26.2 Å². The first-order valence-electron chi connectivity index (χ1n) is 9.54. The average Bonchev–Trinajstić information content (AvgIpc) is 2.72. The van der Waals surface area contributed by atoms with Gasteiger partial charge in [-0.1, -0.05) is 62.4 Å². The molecule has 0 heterocycles. The molecule has 0 aliphatic carbocycles. The topological polar surface area (TPSA) is 61.4 Å². The highest BCUT2D eigenvalue weighted by Gasteiger charge is 2.18. The van der Waals surface area contributed by atoms with Gasteiger partial charge < -0.3 is 10.6 Å². The Balaban J connectivity index is 1.82. The first-order valence-corrected chi connectivity index (χ1v) is 9.54. The van der Waals surface area contributed by atoms with E-state index in [9.17, 15) is 9.59 Å². The summed E-state index contributed by atoms with van der Waals surface area (Å²) in [7, 11) is 0. The number of nitrogens with one attached hydrogen (secondary N) is 2. The van der Waals surface area contributed by atoms with Gasteiger partial charge in [0.2, 0.25) is 5.91 Å². The van der Waals surface area contributed by atoms with Crippen LogP contribution >= 0.6 is 0 Å². The molecule has 2 aromatic carbocycles. The number of hydrogen-bond donors (Lipinski definition) is 2. The van der Waals surface area contributed by atoms with Crippen molar-refractivity contribution in [3.63, 3.8) is 0 Å². The minimum Gasteiger partial charge on any atom is -0.354 e. The van der Waals surface area contributed by atoms with Crippen molar-refractivity contribution >= 4 is 11.8 Å². The zero-order chi connectivity index (χ0) is 19.5. The van der Waals surface area contributed by atoms with Crippen LogP contribution in [-0.4, -0.2) is 42.9 Å². The number of carbonyl (C=O) groups is 2. The summed E-state index contributed by atoms with van der Waals surface area (Å²) in [5.74, 6) is -0.217. The molecule has 2 aromatic rings. The first kappa shape index (κ1) is 20.6. The van der Waals surface area contributed by atoms with Gasteiger partial charge >= 0.3 is 0 Å². The third-order valence-electron chi connectivity index (χ3n) is 4.60. The van der Waals surface area contributed by atoms with Gasteiger partial charge in [0.25, 0.3) is 5.91 Å². The summed E-state index contributed by atoms with van der Waals surface area (Å²) in [5.41, 5.74) is 1.79. The maximum atomic E-state index is 12.2. The molecule has 0 saturated heterocycles. The Bertz CT molecular complexity index is 700. The molecule has 27 heavy (non-hydrogen) atoms. The standard InChI is InChI=1S/C22H29N3O2/c1-3-25(4-2)20(18-11-7-5-8-12-18)17-24-21(26)15-16-23-22(27)19-13-9-6-10-14-19/h5-14,20H,3-4,15-17H2,1-2H3,(H,23,27)(H,24,26). The zero-order valence-electron chi connectivity index (χ0n) is 16.2. The lowest BCUT2D eigenvalue weighted by Gasteiger charge is -2.30. The second kappa shape index (κ2) is 11.1. The van der Waals surface area contributed by atoms with E-state index in [1.54, 1.807) is 12.1 Å². The van der Waals surface area contributed by atoms with Crippen LogP contribution < -0.4 is 10.6 Å². The van der Waals surface area contributed by atoms with Crippen molar-refractivity contribution in [3.05, 3.63) is 71.8 Å². The Morgan fingerprint density at radius 3 is 2.07 bits per heavy atom. The molecule has 5 heteroatoms. The molecule has 2 rings (SSSR count). The fourth-order valence-corrected chi connectivity index (χ4v) is 3.08. The number of amides is 2. The molecule has 0 radical (unpaired) electrons. The molecular weight excluding hydrogens is 338 g/mol. The maximum Gasteiger partial charge on any atom is 0.251 e. The molecule has 144 valence electrons. The van der Waals surface area contributed by atoms with E-state index >= 15 is 0 Å². The molecular formula is C22H29N3O2. The van der Waals surface area contributed by atoms with Gasteiger partial charge in [0.15, 0.2) is 0 Å². The van der Waals surface area contributed by atoms with Gasteiger partial charge in [0, 0.05) is 25.1 Å². The van der Waals surface area contributed by atoms with E-state index in [4.69, 9.17) is 0 Å². The SMILES string of the molecule is CCN(CC)C(CNC(=O)CCNC(=O)c1ccccc1)c1ccccc1. The molecule has 0 aromatic heterocycles. The lowest BCUT2D eigenvalue weighted by atomic mass is 10.1. The molecule has 0 spiro atoms. The van der Waals surface area contributed by atoms with E-state index in [1.165, 1.54) is 5.56 Å². The third-order valence-corrected chi connectivity index (χ3v) is 4.60. The largest absolute Gasteiger partial charge is 0.354 e.